The molecule has 0 aliphatic carbocycles. The summed E-state index contributed by atoms with van der Waals surface area (Å²) in [4.78, 5) is 10.6. The third kappa shape index (κ3) is 4.79. The van der Waals surface area contributed by atoms with Crippen LogP contribution in [-0.2, 0) is 24.3 Å². The minimum Gasteiger partial charge on any atom is -0.481 e. The molecule has 2 N–H and O–H groups in total. The van der Waals surface area contributed by atoms with E-state index in [0.29, 0.717) is 0 Å². The third-order valence-electron chi connectivity index (χ3n) is 2.95. The van der Waals surface area contributed by atoms with Gasteiger partial charge in [0, 0.05) is 17.6 Å². The van der Waals surface area contributed by atoms with Crippen molar-refractivity contribution < 1.29 is 9.90 Å². The monoisotopic (exact) mass is 333 g/mol. The summed E-state index contributed by atoms with van der Waals surface area (Å²) in [6.07, 6.45) is 0.0760. The Kier molecular flexibility index (Phi) is 5.32. The minimum absolute atomic E-state index is 0.0760. The van der Waals surface area contributed by atoms with Gasteiger partial charge in [0.1, 0.15) is 0 Å². The van der Waals surface area contributed by atoms with E-state index in [9.17, 15) is 4.79 Å². The number of carboxylic acids is 1. The molecule has 0 radical (unpaired) electrons. The van der Waals surface area contributed by atoms with Gasteiger partial charge in [-0.25, -0.2) is 0 Å². The molecule has 0 unspecified atom stereocenters. The standard InChI is InChI=1S/C16H16BrNO2/c17-15-7-5-14(6-8-15)11-18-10-13-3-1-12(2-4-13)9-16(19)20/h1-8,18H,9-11H2,(H,19,20). The van der Waals surface area contributed by atoms with E-state index >= 15 is 0 Å². The molecule has 3 nitrogen and oxygen atoms in total. The lowest BCUT2D eigenvalue weighted by Crippen LogP contribution is -2.12. The molecular formula is C16H16BrNO2. The van der Waals surface area contributed by atoms with Crippen LogP contribution in [0.1, 0.15) is 16.7 Å². The predicted octanol–water partition coefficient (Wildman–Crippen LogP) is 3.37. The average Bonchev–Trinajstić information content (AvgIpc) is 2.42. The van der Waals surface area contributed by atoms with E-state index < -0.39 is 5.97 Å². The molecule has 0 aliphatic rings. The van der Waals surface area contributed by atoms with Gasteiger partial charge in [0.05, 0.1) is 6.42 Å². The fourth-order valence-corrected chi connectivity index (χ4v) is 2.17. The molecule has 0 bridgehead atoms. The van der Waals surface area contributed by atoms with Crippen molar-refractivity contribution in [3.8, 4) is 0 Å². The Morgan fingerprint density at radius 2 is 1.35 bits per heavy atom. The summed E-state index contributed by atoms with van der Waals surface area (Å²) in [6, 6.07) is 15.9. The van der Waals surface area contributed by atoms with E-state index in [2.05, 4.69) is 33.4 Å². The molecule has 0 atom stereocenters. The van der Waals surface area contributed by atoms with Gasteiger partial charge < -0.3 is 10.4 Å². The van der Waals surface area contributed by atoms with Crippen LogP contribution in [0.25, 0.3) is 0 Å². The van der Waals surface area contributed by atoms with Crippen LogP contribution in [0.5, 0.6) is 0 Å². The Bertz CT molecular complexity index is 564. The third-order valence-corrected chi connectivity index (χ3v) is 3.48. The summed E-state index contributed by atoms with van der Waals surface area (Å²) in [7, 11) is 0. The summed E-state index contributed by atoms with van der Waals surface area (Å²) >= 11 is 3.41. The molecule has 0 saturated heterocycles. The number of nitrogens with one attached hydrogen (secondary N) is 1. The molecule has 2 aromatic rings. The Balaban J connectivity index is 1.82. The number of aliphatic carboxylic acids is 1. The molecule has 4 heteroatoms. The van der Waals surface area contributed by atoms with Gasteiger partial charge in [-0.1, -0.05) is 52.3 Å². The Morgan fingerprint density at radius 3 is 1.85 bits per heavy atom. The first-order valence-electron chi connectivity index (χ1n) is 6.38. The van der Waals surface area contributed by atoms with Crippen molar-refractivity contribution in [2.45, 2.75) is 19.5 Å². The van der Waals surface area contributed by atoms with Crippen molar-refractivity contribution in [2.24, 2.45) is 0 Å². The zero-order valence-electron chi connectivity index (χ0n) is 11.0. The lowest BCUT2D eigenvalue weighted by atomic mass is 10.1. The van der Waals surface area contributed by atoms with E-state index in [1.807, 2.05) is 36.4 Å². The number of hydrogen-bond donors (Lipinski definition) is 2. The first-order valence-corrected chi connectivity index (χ1v) is 7.17. The van der Waals surface area contributed by atoms with Crippen molar-refractivity contribution in [3.63, 3.8) is 0 Å². The second kappa shape index (κ2) is 7.22. The van der Waals surface area contributed by atoms with Gasteiger partial charge in [0.15, 0.2) is 0 Å². The van der Waals surface area contributed by atoms with Gasteiger partial charge in [-0.05, 0) is 28.8 Å². The number of hydrogen-bond acceptors (Lipinski definition) is 2. The van der Waals surface area contributed by atoms with E-state index in [-0.39, 0.29) is 6.42 Å². The molecule has 0 fully saturated rings. The first-order chi connectivity index (χ1) is 9.63. The fraction of sp³-hybridized carbons (Fsp3) is 0.188. The quantitative estimate of drug-likeness (QED) is 0.852. The van der Waals surface area contributed by atoms with Crippen LogP contribution >= 0.6 is 15.9 Å². The van der Waals surface area contributed by atoms with Crippen LogP contribution in [0, 0.1) is 0 Å². The lowest BCUT2D eigenvalue weighted by Gasteiger charge is -2.06. The molecule has 0 heterocycles. The molecule has 0 aliphatic heterocycles. The van der Waals surface area contributed by atoms with E-state index in [4.69, 9.17) is 5.11 Å². The van der Waals surface area contributed by atoms with Crippen molar-refractivity contribution in [1.82, 2.24) is 5.32 Å². The predicted molar refractivity (Wildman–Crippen MR) is 82.5 cm³/mol. The van der Waals surface area contributed by atoms with Crippen molar-refractivity contribution in [1.29, 1.82) is 0 Å². The summed E-state index contributed by atoms with van der Waals surface area (Å²) in [5.41, 5.74) is 3.21. The number of halogens is 1. The van der Waals surface area contributed by atoms with Gasteiger partial charge in [0.25, 0.3) is 0 Å². The van der Waals surface area contributed by atoms with Gasteiger partial charge in [-0.3, -0.25) is 4.79 Å². The molecule has 20 heavy (non-hydrogen) atoms. The molecular weight excluding hydrogens is 318 g/mol. The molecule has 2 rings (SSSR count). The Morgan fingerprint density at radius 1 is 0.900 bits per heavy atom. The second-order valence-corrected chi connectivity index (χ2v) is 5.53. The highest BCUT2D eigenvalue weighted by Crippen LogP contribution is 2.10. The number of benzene rings is 2. The summed E-state index contributed by atoms with van der Waals surface area (Å²) in [5, 5.41) is 12.1. The SMILES string of the molecule is O=C(O)Cc1ccc(CNCc2ccc(Br)cc2)cc1. The maximum Gasteiger partial charge on any atom is 0.307 e. The van der Waals surface area contributed by atoms with E-state index in [1.54, 1.807) is 0 Å². The number of carbonyl (C=O) groups is 1. The first kappa shape index (κ1) is 14.8. The van der Waals surface area contributed by atoms with Crippen LogP contribution < -0.4 is 5.32 Å². The minimum atomic E-state index is -0.800. The Labute approximate surface area is 126 Å². The van der Waals surface area contributed by atoms with Crippen molar-refractivity contribution in [3.05, 3.63) is 69.7 Å². The zero-order chi connectivity index (χ0) is 14.4. The summed E-state index contributed by atoms with van der Waals surface area (Å²) in [6.45, 7) is 1.58. The molecule has 0 saturated carbocycles. The highest BCUT2D eigenvalue weighted by atomic mass is 79.9. The van der Waals surface area contributed by atoms with Crippen LogP contribution in [0.2, 0.25) is 0 Å². The van der Waals surface area contributed by atoms with Gasteiger partial charge in [-0.2, -0.15) is 0 Å². The van der Waals surface area contributed by atoms with Gasteiger partial charge in [-0.15, -0.1) is 0 Å². The van der Waals surface area contributed by atoms with Crippen LogP contribution in [0.4, 0.5) is 0 Å². The lowest BCUT2D eigenvalue weighted by molar-refractivity contribution is -0.136. The number of rotatable bonds is 6. The highest BCUT2D eigenvalue weighted by molar-refractivity contribution is 9.10. The average molecular weight is 334 g/mol. The highest BCUT2D eigenvalue weighted by Gasteiger charge is 2.00. The fourth-order valence-electron chi connectivity index (χ4n) is 1.90. The van der Waals surface area contributed by atoms with Crippen LogP contribution in [0.15, 0.2) is 53.0 Å². The Hall–Kier alpha value is -1.65. The topological polar surface area (TPSA) is 49.3 Å². The van der Waals surface area contributed by atoms with Gasteiger partial charge in [0.2, 0.25) is 0 Å². The smallest absolute Gasteiger partial charge is 0.307 e. The molecule has 0 spiro atoms. The molecule has 2 aromatic carbocycles. The molecule has 104 valence electrons. The maximum atomic E-state index is 10.6. The molecule has 0 amide bonds. The zero-order valence-corrected chi connectivity index (χ0v) is 12.6. The second-order valence-electron chi connectivity index (χ2n) is 4.62. The summed E-state index contributed by atoms with van der Waals surface area (Å²) in [5.74, 6) is -0.800. The van der Waals surface area contributed by atoms with Crippen molar-refractivity contribution >= 4 is 21.9 Å². The summed E-state index contributed by atoms with van der Waals surface area (Å²) < 4.78 is 1.08. The normalized spacial score (nSPS) is 10.4. The largest absolute Gasteiger partial charge is 0.481 e. The van der Waals surface area contributed by atoms with Crippen molar-refractivity contribution in [2.75, 3.05) is 0 Å². The van der Waals surface area contributed by atoms with Crippen LogP contribution in [0.3, 0.4) is 0 Å². The van der Waals surface area contributed by atoms with E-state index in [1.165, 1.54) is 5.56 Å². The van der Waals surface area contributed by atoms with Gasteiger partial charge >= 0.3 is 5.97 Å². The van der Waals surface area contributed by atoms with E-state index in [0.717, 1.165) is 28.7 Å². The van der Waals surface area contributed by atoms with Crippen LogP contribution in [-0.4, -0.2) is 11.1 Å². The number of carboxylic acid groups (broad SMARTS) is 1. The molecule has 0 aromatic heterocycles. The maximum absolute atomic E-state index is 10.6.